The van der Waals surface area contributed by atoms with Gasteiger partial charge >= 0.3 is 0 Å². The highest BCUT2D eigenvalue weighted by Gasteiger charge is 2.77. The Labute approximate surface area is 234 Å². The molecule has 1 aromatic rings. The number of ether oxygens (including phenoxy) is 1. The van der Waals surface area contributed by atoms with Crippen molar-refractivity contribution < 1.29 is 24.2 Å². The van der Waals surface area contributed by atoms with Crippen LogP contribution < -0.4 is 10.6 Å². The van der Waals surface area contributed by atoms with Gasteiger partial charge in [0.1, 0.15) is 11.6 Å². The van der Waals surface area contributed by atoms with Gasteiger partial charge in [-0.2, -0.15) is 0 Å². The SMILES string of the molecule is CC(C)[C@H](CO)N1C(=O)[C@@H]2[C@H](C(=O)Nc3ccccc3)[C@H]3OC2(CC3Br)C1C(=O)NC(C)(C)CC(C)(C)C. The zero-order valence-electron chi connectivity index (χ0n) is 23.5. The maximum Gasteiger partial charge on any atom is 0.246 e. The minimum atomic E-state index is -1.17. The van der Waals surface area contributed by atoms with Crippen molar-refractivity contribution in [3.05, 3.63) is 30.3 Å². The zero-order valence-corrected chi connectivity index (χ0v) is 25.0. The standard InChI is InChI=1S/C29H42BrN3O5/c1-16(2)19(14-34)33-23(25(36)32-28(6,7)15-27(3,4)5)29-13-18(30)22(38-29)20(21(29)26(33)37)24(35)31-17-11-9-8-10-12-17/h8-12,16,18-23,34H,13-15H2,1-7H3,(H,31,35)(H,32,36)/t18?,19-,20-,21-,22-,23?,29?/m0/s1. The second-order valence-electron chi connectivity index (χ2n) is 13.4. The Morgan fingerprint density at radius 1 is 1.16 bits per heavy atom. The summed E-state index contributed by atoms with van der Waals surface area (Å²) in [5, 5.41) is 16.5. The number of alkyl halides is 1. The van der Waals surface area contributed by atoms with Crippen LogP contribution in [0.2, 0.25) is 0 Å². The number of aliphatic hydroxyl groups excluding tert-OH is 1. The van der Waals surface area contributed by atoms with Gasteiger partial charge in [0, 0.05) is 16.1 Å². The number of aliphatic hydroxyl groups is 1. The summed E-state index contributed by atoms with van der Waals surface area (Å²) in [6.45, 7) is 13.9. The second-order valence-corrected chi connectivity index (χ2v) is 14.5. The van der Waals surface area contributed by atoms with E-state index in [1.165, 1.54) is 4.90 Å². The van der Waals surface area contributed by atoms with Crippen LogP contribution in [0.1, 0.15) is 61.3 Å². The average Bonchev–Trinajstić information content (AvgIpc) is 3.36. The maximum atomic E-state index is 14.2. The third-order valence-corrected chi connectivity index (χ3v) is 8.91. The van der Waals surface area contributed by atoms with Gasteiger partial charge in [-0.3, -0.25) is 14.4 Å². The number of amides is 3. The van der Waals surface area contributed by atoms with Crippen LogP contribution in [0.25, 0.3) is 0 Å². The molecule has 0 aromatic heterocycles. The molecule has 7 atom stereocenters. The lowest BCUT2D eigenvalue weighted by atomic mass is 9.70. The number of carbonyl (C=O) groups excluding carboxylic acids is 3. The van der Waals surface area contributed by atoms with Crippen molar-refractivity contribution in [3.8, 4) is 0 Å². The number of rotatable bonds is 8. The van der Waals surface area contributed by atoms with E-state index in [1.807, 2.05) is 45.9 Å². The van der Waals surface area contributed by atoms with Crippen LogP contribution in [0.3, 0.4) is 0 Å². The Hall–Kier alpha value is -1.97. The molecule has 3 saturated heterocycles. The number of hydrogen-bond donors (Lipinski definition) is 3. The fourth-order valence-corrected chi connectivity index (χ4v) is 8.11. The van der Waals surface area contributed by atoms with Crippen LogP contribution >= 0.6 is 15.9 Å². The molecule has 3 amide bonds. The second kappa shape index (κ2) is 10.2. The van der Waals surface area contributed by atoms with Crippen molar-refractivity contribution in [1.29, 1.82) is 0 Å². The van der Waals surface area contributed by atoms with Gasteiger partial charge in [0.25, 0.3) is 0 Å². The normalized spacial score (nSPS) is 31.5. The monoisotopic (exact) mass is 591 g/mol. The molecule has 3 unspecified atom stereocenters. The first-order valence-electron chi connectivity index (χ1n) is 13.5. The third kappa shape index (κ3) is 5.13. The van der Waals surface area contributed by atoms with Gasteiger partial charge in [-0.25, -0.2) is 0 Å². The van der Waals surface area contributed by atoms with E-state index in [9.17, 15) is 19.5 Å². The van der Waals surface area contributed by atoms with Crippen molar-refractivity contribution in [3.63, 3.8) is 0 Å². The van der Waals surface area contributed by atoms with Crippen LogP contribution in [0, 0.1) is 23.2 Å². The molecule has 3 heterocycles. The highest BCUT2D eigenvalue weighted by Crippen LogP contribution is 2.60. The lowest BCUT2D eigenvalue weighted by Crippen LogP contribution is -2.62. The number of fused-ring (bicyclic) bond motifs is 1. The fourth-order valence-electron chi connectivity index (χ4n) is 7.16. The topological polar surface area (TPSA) is 108 Å². The van der Waals surface area contributed by atoms with Gasteiger partial charge in [-0.15, -0.1) is 0 Å². The molecule has 210 valence electrons. The molecule has 2 bridgehead atoms. The molecule has 3 fully saturated rings. The molecule has 1 spiro atoms. The van der Waals surface area contributed by atoms with E-state index in [1.54, 1.807) is 12.1 Å². The highest BCUT2D eigenvalue weighted by atomic mass is 79.9. The number of nitrogens with zero attached hydrogens (tertiary/aromatic N) is 1. The van der Waals surface area contributed by atoms with E-state index in [0.717, 1.165) is 6.42 Å². The fraction of sp³-hybridized carbons (Fsp3) is 0.690. The van der Waals surface area contributed by atoms with Gasteiger partial charge in [-0.05, 0) is 50.2 Å². The van der Waals surface area contributed by atoms with E-state index < -0.39 is 41.2 Å². The van der Waals surface area contributed by atoms with E-state index in [2.05, 4.69) is 47.3 Å². The first-order valence-corrected chi connectivity index (χ1v) is 14.5. The van der Waals surface area contributed by atoms with Gasteiger partial charge in [0.05, 0.1) is 30.6 Å². The number of benzene rings is 1. The Morgan fingerprint density at radius 2 is 1.79 bits per heavy atom. The zero-order chi connectivity index (χ0) is 28.2. The van der Waals surface area contributed by atoms with Gasteiger partial charge in [0.15, 0.2) is 0 Å². The quantitative estimate of drug-likeness (QED) is 0.399. The number of carbonyl (C=O) groups is 3. The summed E-state index contributed by atoms with van der Waals surface area (Å²) in [4.78, 5) is 43.4. The van der Waals surface area contributed by atoms with Crippen molar-refractivity contribution >= 4 is 39.3 Å². The molecule has 3 N–H and O–H groups in total. The molecular formula is C29H42BrN3O5. The average molecular weight is 593 g/mol. The minimum absolute atomic E-state index is 0.0295. The number of hydrogen-bond acceptors (Lipinski definition) is 5. The van der Waals surface area contributed by atoms with E-state index in [-0.39, 0.29) is 40.5 Å². The number of para-hydroxylation sites is 1. The molecule has 8 nitrogen and oxygen atoms in total. The van der Waals surface area contributed by atoms with Gasteiger partial charge in [0.2, 0.25) is 17.7 Å². The lowest BCUT2D eigenvalue weighted by Gasteiger charge is -2.41. The Balaban J connectivity index is 1.74. The molecule has 9 heteroatoms. The van der Waals surface area contributed by atoms with E-state index in [0.29, 0.717) is 12.1 Å². The number of nitrogens with one attached hydrogen (secondary N) is 2. The Morgan fingerprint density at radius 3 is 2.34 bits per heavy atom. The maximum absolute atomic E-state index is 14.2. The van der Waals surface area contributed by atoms with Crippen LogP contribution in [0.4, 0.5) is 5.69 Å². The summed E-state index contributed by atoms with van der Waals surface area (Å²) in [5.74, 6) is -2.61. The van der Waals surface area contributed by atoms with Crippen LogP contribution in [-0.2, 0) is 19.1 Å². The highest BCUT2D eigenvalue weighted by molar-refractivity contribution is 9.09. The summed E-state index contributed by atoms with van der Waals surface area (Å²) in [5.41, 5.74) is -1.10. The summed E-state index contributed by atoms with van der Waals surface area (Å²) in [6.07, 6.45) is 0.607. The van der Waals surface area contributed by atoms with Crippen LogP contribution in [0.5, 0.6) is 0 Å². The van der Waals surface area contributed by atoms with E-state index in [4.69, 9.17) is 4.74 Å². The summed E-state index contributed by atoms with van der Waals surface area (Å²) < 4.78 is 6.58. The molecule has 0 aliphatic carbocycles. The molecule has 0 saturated carbocycles. The summed E-state index contributed by atoms with van der Waals surface area (Å²) in [6, 6.07) is 7.57. The van der Waals surface area contributed by atoms with Crippen LogP contribution in [-0.4, -0.2) is 68.5 Å². The Bertz CT molecular complexity index is 1070. The largest absolute Gasteiger partial charge is 0.394 e. The lowest BCUT2D eigenvalue weighted by molar-refractivity contribution is -0.147. The third-order valence-electron chi connectivity index (χ3n) is 8.07. The molecule has 0 radical (unpaired) electrons. The molecule has 3 aliphatic rings. The van der Waals surface area contributed by atoms with E-state index >= 15 is 0 Å². The predicted molar refractivity (Wildman–Crippen MR) is 150 cm³/mol. The number of halogens is 1. The molecule has 4 rings (SSSR count). The predicted octanol–water partition coefficient (Wildman–Crippen LogP) is 3.72. The van der Waals surface area contributed by atoms with Crippen molar-refractivity contribution in [2.75, 3.05) is 11.9 Å². The van der Waals surface area contributed by atoms with Crippen molar-refractivity contribution in [2.45, 2.75) is 95.5 Å². The molecule has 3 aliphatic heterocycles. The number of likely N-dealkylation sites (tertiary alicyclic amines) is 1. The summed E-state index contributed by atoms with van der Waals surface area (Å²) in [7, 11) is 0. The first-order chi connectivity index (χ1) is 17.6. The minimum Gasteiger partial charge on any atom is -0.394 e. The smallest absolute Gasteiger partial charge is 0.246 e. The van der Waals surface area contributed by atoms with Gasteiger partial charge < -0.3 is 25.4 Å². The first kappa shape index (κ1) is 29.0. The van der Waals surface area contributed by atoms with Crippen molar-refractivity contribution in [2.24, 2.45) is 23.2 Å². The number of anilines is 1. The van der Waals surface area contributed by atoms with Crippen LogP contribution in [0.15, 0.2) is 30.3 Å². The summed E-state index contributed by atoms with van der Waals surface area (Å²) >= 11 is 3.71. The van der Waals surface area contributed by atoms with Crippen molar-refractivity contribution in [1.82, 2.24) is 10.2 Å². The molecular weight excluding hydrogens is 550 g/mol. The van der Waals surface area contributed by atoms with Gasteiger partial charge in [-0.1, -0.05) is 68.7 Å². The molecule has 38 heavy (non-hydrogen) atoms. The Kier molecular flexibility index (Phi) is 7.80. The molecule has 1 aromatic carbocycles.